The van der Waals surface area contributed by atoms with Crippen molar-refractivity contribution >= 4 is 23.5 Å². The summed E-state index contributed by atoms with van der Waals surface area (Å²) in [7, 11) is 0. The van der Waals surface area contributed by atoms with Gasteiger partial charge in [-0.1, -0.05) is 41.5 Å². The van der Waals surface area contributed by atoms with E-state index in [4.69, 9.17) is 0 Å². The minimum Gasteiger partial charge on any atom is -0.549 e. The van der Waals surface area contributed by atoms with Crippen LogP contribution in [0.3, 0.4) is 0 Å². The van der Waals surface area contributed by atoms with Gasteiger partial charge in [0.1, 0.15) is 11.6 Å². The fourth-order valence-electron chi connectivity index (χ4n) is 1.99. The van der Waals surface area contributed by atoms with Gasteiger partial charge in [0, 0.05) is 12.8 Å². The predicted octanol–water partition coefficient (Wildman–Crippen LogP) is -0.0273. The standard InChI is InChI=1S/2C8H14O3.Fe/c2*1-4-6(9)7(5(2)3)8(10)11;/h2*5,7H,4H2,1-3H3,(H,10,11);/q;;+2/p-2. The number of hydrogen-bond acceptors (Lipinski definition) is 6. The van der Waals surface area contributed by atoms with Crippen LogP contribution in [0.15, 0.2) is 0 Å². The van der Waals surface area contributed by atoms with Crippen LogP contribution in [-0.4, -0.2) is 23.5 Å². The number of carboxylic acids is 2. The SMILES string of the molecule is CCC(=O)C(C(=O)[O-])C(C)C.CCC(=O)C(C(=O)[O-])C(C)C.[Fe+2]. The number of hydrogen-bond donors (Lipinski definition) is 0. The van der Waals surface area contributed by atoms with E-state index < -0.39 is 23.8 Å². The van der Waals surface area contributed by atoms with Crippen LogP contribution in [0.5, 0.6) is 0 Å². The van der Waals surface area contributed by atoms with E-state index in [9.17, 15) is 29.4 Å². The van der Waals surface area contributed by atoms with E-state index in [2.05, 4.69) is 0 Å². The molecule has 0 fully saturated rings. The summed E-state index contributed by atoms with van der Waals surface area (Å²) in [4.78, 5) is 42.8. The van der Waals surface area contributed by atoms with E-state index in [-0.39, 0.29) is 53.3 Å². The summed E-state index contributed by atoms with van der Waals surface area (Å²) >= 11 is 0. The van der Waals surface area contributed by atoms with Crippen LogP contribution in [0.25, 0.3) is 0 Å². The van der Waals surface area contributed by atoms with Crippen molar-refractivity contribution < 1.29 is 46.5 Å². The van der Waals surface area contributed by atoms with Crippen molar-refractivity contribution in [3.8, 4) is 0 Å². The third-order valence-electron chi connectivity index (χ3n) is 3.23. The molecule has 134 valence electrons. The minimum absolute atomic E-state index is 0. The molecule has 0 spiro atoms. The number of carbonyl (C=O) groups is 4. The largest absolute Gasteiger partial charge is 2.00 e. The number of carbonyl (C=O) groups excluding carboxylic acids is 4. The molecule has 0 aliphatic carbocycles. The molecule has 0 N–H and O–H groups in total. The van der Waals surface area contributed by atoms with Crippen molar-refractivity contribution in [3.05, 3.63) is 0 Å². The van der Waals surface area contributed by atoms with Gasteiger partial charge in [-0.15, -0.1) is 0 Å². The summed E-state index contributed by atoms with van der Waals surface area (Å²) in [6, 6.07) is 0. The summed E-state index contributed by atoms with van der Waals surface area (Å²) in [5.41, 5.74) is 0. The Morgan fingerprint density at radius 1 is 0.696 bits per heavy atom. The number of Topliss-reactive ketones (excluding diaryl/α,β-unsaturated/α-hetero) is 2. The predicted molar refractivity (Wildman–Crippen MR) is 77.3 cm³/mol. The van der Waals surface area contributed by atoms with E-state index in [1.54, 1.807) is 41.5 Å². The molecule has 23 heavy (non-hydrogen) atoms. The van der Waals surface area contributed by atoms with Gasteiger partial charge in [-0.3, -0.25) is 9.59 Å². The monoisotopic (exact) mass is 370 g/mol. The molecule has 0 aromatic rings. The summed E-state index contributed by atoms with van der Waals surface area (Å²) in [5, 5.41) is 20.8. The second kappa shape index (κ2) is 13.3. The Balaban J connectivity index is -0.000000333. The molecule has 0 heterocycles. The van der Waals surface area contributed by atoms with Gasteiger partial charge in [0.25, 0.3) is 0 Å². The van der Waals surface area contributed by atoms with E-state index in [0.29, 0.717) is 0 Å². The van der Waals surface area contributed by atoms with Gasteiger partial charge in [0.15, 0.2) is 0 Å². The van der Waals surface area contributed by atoms with Gasteiger partial charge >= 0.3 is 17.1 Å². The third-order valence-corrected chi connectivity index (χ3v) is 3.23. The van der Waals surface area contributed by atoms with Crippen molar-refractivity contribution in [2.45, 2.75) is 54.4 Å². The Morgan fingerprint density at radius 2 is 0.913 bits per heavy atom. The van der Waals surface area contributed by atoms with Crippen molar-refractivity contribution in [3.63, 3.8) is 0 Å². The molecule has 0 aliphatic heterocycles. The first kappa shape index (κ1) is 26.7. The maximum Gasteiger partial charge on any atom is 2.00 e. The van der Waals surface area contributed by atoms with Crippen molar-refractivity contribution in [1.29, 1.82) is 0 Å². The van der Waals surface area contributed by atoms with Crippen molar-refractivity contribution in [2.75, 3.05) is 0 Å². The first-order valence-electron chi connectivity index (χ1n) is 7.48. The zero-order valence-corrected chi connectivity index (χ0v) is 15.6. The van der Waals surface area contributed by atoms with E-state index in [1.807, 2.05) is 0 Å². The molecule has 0 saturated carbocycles. The summed E-state index contributed by atoms with van der Waals surface area (Å²) in [6.45, 7) is 10.1. The van der Waals surface area contributed by atoms with Crippen LogP contribution in [-0.2, 0) is 36.2 Å². The molecule has 6 nitrogen and oxygen atoms in total. The quantitative estimate of drug-likeness (QED) is 0.438. The van der Waals surface area contributed by atoms with Crippen LogP contribution in [0.1, 0.15) is 54.4 Å². The maximum absolute atomic E-state index is 11.0. The third kappa shape index (κ3) is 10.2. The van der Waals surface area contributed by atoms with Gasteiger partial charge < -0.3 is 19.8 Å². The average molecular weight is 370 g/mol. The Hall–Kier alpha value is -1.20. The van der Waals surface area contributed by atoms with Gasteiger partial charge in [-0.05, 0) is 11.8 Å². The Kier molecular flexibility index (Phi) is 15.4. The molecule has 0 rings (SSSR count). The second-order valence-electron chi connectivity index (χ2n) is 5.72. The maximum atomic E-state index is 11.0. The van der Waals surface area contributed by atoms with Gasteiger partial charge in [-0.2, -0.15) is 0 Å². The van der Waals surface area contributed by atoms with E-state index in [0.717, 1.165) is 0 Å². The first-order valence-corrected chi connectivity index (χ1v) is 7.48. The smallest absolute Gasteiger partial charge is 0.549 e. The molecule has 0 bridgehead atoms. The fourth-order valence-corrected chi connectivity index (χ4v) is 1.99. The van der Waals surface area contributed by atoms with Crippen molar-refractivity contribution in [1.82, 2.24) is 0 Å². The zero-order valence-electron chi connectivity index (χ0n) is 14.5. The Bertz CT molecular complexity index is 365. The molecule has 0 aromatic carbocycles. The zero-order chi connectivity index (χ0) is 18.0. The molecule has 7 heteroatoms. The number of rotatable bonds is 8. The normalized spacial score (nSPS) is 12.5. The van der Waals surface area contributed by atoms with E-state index in [1.165, 1.54) is 0 Å². The molecule has 0 radical (unpaired) electrons. The van der Waals surface area contributed by atoms with Gasteiger partial charge in [-0.25, -0.2) is 0 Å². The molecular formula is C16H26FeO6. The molecule has 0 saturated heterocycles. The average Bonchev–Trinajstić information content (AvgIpc) is 2.37. The fraction of sp³-hybridized carbons (Fsp3) is 0.750. The molecule has 0 amide bonds. The van der Waals surface area contributed by atoms with Crippen LogP contribution in [0.2, 0.25) is 0 Å². The number of ketones is 2. The Morgan fingerprint density at radius 3 is 0.957 bits per heavy atom. The van der Waals surface area contributed by atoms with Crippen LogP contribution >= 0.6 is 0 Å². The topological polar surface area (TPSA) is 114 Å². The van der Waals surface area contributed by atoms with Crippen LogP contribution < -0.4 is 10.2 Å². The van der Waals surface area contributed by atoms with E-state index >= 15 is 0 Å². The molecule has 2 atom stereocenters. The molecule has 0 aliphatic rings. The van der Waals surface area contributed by atoms with Gasteiger partial charge in [0.05, 0.1) is 23.8 Å². The molecular weight excluding hydrogens is 344 g/mol. The van der Waals surface area contributed by atoms with Crippen molar-refractivity contribution in [2.24, 2.45) is 23.7 Å². The summed E-state index contributed by atoms with van der Waals surface area (Å²) < 4.78 is 0. The first-order chi connectivity index (χ1) is 10.0. The summed E-state index contributed by atoms with van der Waals surface area (Å²) in [5.74, 6) is -5.22. The molecule has 0 aromatic heterocycles. The number of aliphatic carboxylic acids is 2. The Labute approximate surface area is 148 Å². The summed E-state index contributed by atoms with van der Waals surface area (Å²) in [6.07, 6.45) is 0.521. The van der Waals surface area contributed by atoms with Crippen LogP contribution in [0.4, 0.5) is 0 Å². The van der Waals surface area contributed by atoms with Crippen LogP contribution in [0, 0.1) is 23.7 Å². The second-order valence-corrected chi connectivity index (χ2v) is 5.72. The minimum atomic E-state index is -1.26. The number of carboxylic acid groups (broad SMARTS) is 2. The molecule has 2 unspecified atom stereocenters. The van der Waals surface area contributed by atoms with Gasteiger partial charge in [0.2, 0.25) is 0 Å².